The fourth-order valence-electron chi connectivity index (χ4n) is 1.46. The second-order valence-corrected chi connectivity index (χ2v) is 2.52. The molecule has 0 spiro atoms. The summed E-state index contributed by atoms with van der Waals surface area (Å²) < 4.78 is 2.09. The number of hydrogen-bond donors (Lipinski definition) is 0. The molecular weight excluding hydrogens is 126 g/mol. The van der Waals surface area contributed by atoms with Crippen LogP contribution < -0.4 is 0 Å². The molecule has 0 aliphatic carbocycles. The second kappa shape index (κ2) is 1.21. The van der Waals surface area contributed by atoms with Gasteiger partial charge in [-0.3, -0.25) is 9.56 Å². The summed E-state index contributed by atoms with van der Waals surface area (Å²) in [6, 6.07) is 0. The Morgan fingerprint density at radius 3 is 3.40 bits per heavy atom. The fraction of sp³-hybridized carbons (Fsp3) is 0.143. The molecule has 0 radical (unpaired) electrons. The van der Waals surface area contributed by atoms with Gasteiger partial charge in [-0.2, -0.15) is 0 Å². The van der Waals surface area contributed by atoms with Gasteiger partial charge in [0.05, 0.1) is 23.9 Å². The van der Waals surface area contributed by atoms with Gasteiger partial charge in [-0.05, 0) is 0 Å². The maximum Gasteiger partial charge on any atom is 0.0995 e. The van der Waals surface area contributed by atoms with Crippen LogP contribution in [0.5, 0.6) is 0 Å². The summed E-state index contributed by atoms with van der Waals surface area (Å²) in [5, 5.41) is 0. The van der Waals surface area contributed by atoms with E-state index >= 15 is 0 Å². The molecule has 0 N–H and O–H groups in total. The van der Waals surface area contributed by atoms with Gasteiger partial charge in [0.2, 0.25) is 0 Å². The van der Waals surface area contributed by atoms with Crippen molar-refractivity contribution in [1.82, 2.24) is 9.55 Å². The van der Waals surface area contributed by atoms with Crippen molar-refractivity contribution in [1.29, 1.82) is 0 Å². The van der Waals surface area contributed by atoms with Gasteiger partial charge in [0.1, 0.15) is 0 Å². The summed E-state index contributed by atoms with van der Waals surface area (Å²) in [5.74, 6) is 0. The highest BCUT2D eigenvalue weighted by atomic mass is 15.1. The van der Waals surface area contributed by atoms with Crippen LogP contribution in [0.2, 0.25) is 0 Å². The molecule has 3 nitrogen and oxygen atoms in total. The summed E-state index contributed by atoms with van der Waals surface area (Å²) in [5.41, 5.74) is 3.58. The lowest BCUT2D eigenvalue weighted by Gasteiger charge is -1.97. The highest BCUT2D eigenvalue weighted by Gasteiger charge is 2.25. The summed E-state index contributed by atoms with van der Waals surface area (Å²) in [6.07, 6.45) is 6.60. The summed E-state index contributed by atoms with van der Waals surface area (Å²) >= 11 is 0. The summed E-state index contributed by atoms with van der Waals surface area (Å²) in [7, 11) is 0. The van der Waals surface area contributed by atoms with Crippen LogP contribution in [0.1, 0.15) is 12.1 Å². The molecule has 0 atom stereocenters. The lowest BCUT2D eigenvalue weighted by Crippen LogP contribution is -1.94. The first-order valence-corrected chi connectivity index (χ1v) is 3.24. The van der Waals surface area contributed by atoms with E-state index in [1.54, 1.807) is 0 Å². The molecule has 2 aliphatic rings. The van der Waals surface area contributed by atoms with E-state index in [9.17, 15) is 0 Å². The fourth-order valence-corrected chi connectivity index (χ4v) is 1.46. The molecule has 0 fully saturated rings. The van der Waals surface area contributed by atoms with Crippen molar-refractivity contribution in [3.05, 3.63) is 24.4 Å². The number of imidazole rings is 1. The zero-order valence-electron chi connectivity index (χ0n) is 5.28. The van der Waals surface area contributed by atoms with Gasteiger partial charge >= 0.3 is 0 Å². The van der Waals surface area contributed by atoms with Crippen molar-refractivity contribution in [2.24, 2.45) is 4.99 Å². The summed E-state index contributed by atoms with van der Waals surface area (Å²) in [4.78, 5) is 8.24. The van der Waals surface area contributed by atoms with Crippen LogP contribution in [0.3, 0.4) is 0 Å². The van der Waals surface area contributed by atoms with E-state index in [1.807, 2.05) is 18.7 Å². The standard InChI is InChI=1S/C7H5N3/c1-5-2-9-6(1)7-3-8-4-10(5)7/h2-4H,1H2. The highest BCUT2D eigenvalue weighted by Crippen LogP contribution is 2.29. The van der Waals surface area contributed by atoms with Crippen LogP contribution in [0.25, 0.3) is 5.70 Å². The maximum absolute atomic E-state index is 4.21. The Morgan fingerprint density at radius 1 is 1.50 bits per heavy atom. The predicted molar refractivity (Wildman–Crippen MR) is 37.7 cm³/mol. The van der Waals surface area contributed by atoms with E-state index < -0.39 is 0 Å². The molecule has 1 aromatic rings. The minimum absolute atomic E-state index is 0.998. The van der Waals surface area contributed by atoms with Gasteiger partial charge in [-0.25, -0.2) is 4.98 Å². The van der Waals surface area contributed by atoms with Crippen molar-refractivity contribution in [3.63, 3.8) is 0 Å². The molecule has 48 valence electrons. The van der Waals surface area contributed by atoms with Gasteiger partial charge < -0.3 is 0 Å². The van der Waals surface area contributed by atoms with E-state index in [1.165, 1.54) is 5.70 Å². The van der Waals surface area contributed by atoms with Crippen molar-refractivity contribution in [2.75, 3.05) is 0 Å². The van der Waals surface area contributed by atoms with Crippen LogP contribution in [0.4, 0.5) is 0 Å². The van der Waals surface area contributed by atoms with Gasteiger partial charge in [-0.1, -0.05) is 0 Å². The number of aromatic nitrogens is 2. The monoisotopic (exact) mass is 131 g/mol. The Morgan fingerprint density at radius 2 is 2.50 bits per heavy atom. The normalized spacial score (nSPS) is 18.8. The van der Waals surface area contributed by atoms with E-state index in [4.69, 9.17) is 0 Å². The van der Waals surface area contributed by atoms with E-state index in [0.29, 0.717) is 0 Å². The zero-order chi connectivity index (χ0) is 6.55. The summed E-state index contributed by atoms with van der Waals surface area (Å²) in [6.45, 7) is 0. The largest absolute Gasteiger partial charge is 0.300 e. The Hall–Kier alpha value is -1.38. The Kier molecular flexibility index (Phi) is 0.537. The van der Waals surface area contributed by atoms with Crippen LogP contribution >= 0.6 is 0 Å². The zero-order valence-corrected chi connectivity index (χ0v) is 5.28. The molecule has 3 rings (SSSR count). The van der Waals surface area contributed by atoms with Crippen molar-refractivity contribution in [2.45, 2.75) is 6.42 Å². The number of hydrogen-bond acceptors (Lipinski definition) is 2. The van der Waals surface area contributed by atoms with Crippen molar-refractivity contribution in [3.8, 4) is 0 Å². The van der Waals surface area contributed by atoms with Gasteiger partial charge in [-0.15, -0.1) is 0 Å². The number of rotatable bonds is 0. The van der Waals surface area contributed by atoms with Crippen molar-refractivity contribution >= 4 is 11.4 Å². The predicted octanol–water partition coefficient (Wildman–Crippen LogP) is 0.888. The molecule has 3 heterocycles. The molecule has 2 bridgehead atoms. The molecule has 2 aliphatic heterocycles. The molecule has 3 heteroatoms. The van der Waals surface area contributed by atoms with Crippen LogP contribution in [0, 0.1) is 0 Å². The number of aliphatic imine (C=N–C) groups is 1. The lowest BCUT2D eigenvalue weighted by molar-refractivity contribution is 1.08. The second-order valence-electron chi connectivity index (χ2n) is 2.52. The van der Waals surface area contributed by atoms with Crippen molar-refractivity contribution < 1.29 is 0 Å². The topological polar surface area (TPSA) is 30.2 Å². The van der Waals surface area contributed by atoms with Crippen LogP contribution in [-0.2, 0) is 0 Å². The van der Waals surface area contributed by atoms with Crippen LogP contribution in [-0.4, -0.2) is 15.3 Å². The van der Waals surface area contributed by atoms with E-state index in [0.717, 1.165) is 17.8 Å². The molecule has 1 aromatic heterocycles. The molecule has 0 saturated heterocycles. The van der Waals surface area contributed by atoms with Gasteiger partial charge in [0.25, 0.3) is 0 Å². The first-order valence-electron chi connectivity index (χ1n) is 3.24. The number of allylic oxidation sites excluding steroid dienone is 1. The van der Waals surface area contributed by atoms with E-state index in [-0.39, 0.29) is 0 Å². The van der Waals surface area contributed by atoms with Crippen LogP contribution in [0.15, 0.2) is 23.7 Å². The average Bonchev–Trinajstić information content (AvgIpc) is 2.60. The molecule has 0 aromatic carbocycles. The molecule has 0 saturated carbocycles. The Balaban J connectivity index is 2.46. The molecule has 0 unspecified atom stereocenters. The first-order chi connectivity index (χ1) is 4.95. The van der Waals surface area contributed by atoms with Gasteiger partial charge in [0.15, 0.2) is 0 Å². The molecule has 0 amide bonds. The third-order valence-corrected chi connectivity index (χ3v) is 1.96. The average molecular weight is 131 g/mol. The minimum atomic E-state index is 0.998. The SMILES string of the molecule is C1=C2CC(=N1)c1cncn12. The molecular formula is C7H5N3. The molecule has 10 heavy (non-hydrogen) atoms. The highest BCUT2D eigenvalue weighted by molar-refractivity contribution is 6.10. The van der Waals surface area contributed by atoms with Gasteiger partial charge in [0, 0.05) is 18.3 Å². The smallest absolute Gasteiger partial charge is 0.0995 e. The first kappa shape index (κ1) is 4.44. The minimum Gasteiger partial charge on any atom is -0.300 e. The number of fused-ring (bicyclic) bond motifs is 5. The van der Waals surface area contributed by atoms with E-state index in [2.05, 4.69) is 14.5 Å². The Labute approximate surface area is 57.7 Å². The number of nitrogens with zero attached hydrogens (tertiary/aromatic N) is 3. The quantitative estimate of drug-likeness (QED) is 0.514. The maximum atomic E-state index is 4.21. The Bertz CT molecular complexity index is 324. The third kappa shape index (κ3) is 0.319. The third-order valence-electron chi connectivity index (χ3n) is 1.96. The lowest BCUT2D eigenvalue weighted by atomic mass is 10.3.